The molecule has 1 aliphatic carbocycles. The van der Waals surface area contributed by atoms with E-state index in [2.05, 4.69) is 0 Å². The molecule has 0 radical (unpaired) electrons. The molecule has 4 heteroatoms. The Kier molecular flexibility index (Phi) is 5.02. The predicted octanol–water partition coefficient (Wildman–Crippen LogP) is 2.33. The van der Waals surface area contributed by atoms with E-state index in [-0.39, 0.29) is 18.4 Å². The minimum Gasteiger partial charge on any atom is -0.466 e. The maximum Gasteiger partial charge on any atom is 0.310 e. The number of rotatable bonds is 4. The number of allylic oxidation sites excluding steroid dienone is 1. The summed E-state index contributed by atoms with van der Waals surface area (Å²) in [4.78, 5) is 22.2. The molecule has 0 spiro atoms. The fourth-order valence-electron chi connectivity index (χ4n) is 1.81. The number of hydrogen-bond acceptors (Lipinski definition) is 4. The average Bonchev–Trinajstić information content (AvgIpc) is 2.20. The van der Waals surface area contributed by atoms with Crippen LogP contribution in [0, 0.1) is 0 Å². The summed E-state index contributed by atoms with van der Waals surface area (Å²) in [5.41, 5.74) is 0.917. The molecule has 16 heavy (non-hydrogen) atoms. The molecule has 0 fully saturated rings. The van der Waals surface area contributed by atoms with Crippen LogP contribution in [0.1, 0.15) is 46.0 Å². The number of ether oxygens (including phenoxy) is 2. The average molecular weight is 226 g/mol. The first-order valence-electron chi connectivity index (χ1n) is 5.68. The molecule has 0 saturated heterocycles. The number of carbonyl (C=O) groups is 2. The molecule has 0 atom stereocenters. The van der Waals surface area contributed by atoms with Crippen molar-refractivity contribution in [3.8, 4) is 0 Å². The third-order valence-electron chi connectivity index (χ3n) is 2.46. The molecular formula is C12H18O4. The van der Waals surface area contributed by atoms with E-state index < -0.39 is 0 Å². The molecule has 0 heterocycles. The Hall–Kier alpha value is -1.32. The molecule has 1 aliphatic rings. The van der Waals surface area contributed by atoms with Crippen molar-refractivity contribution in [2.24, 2.45) is 0 Å². The smallest absolute Gasteiger partial charge is 0.310 e. The first kappa shape index (κ1) is 12.7. The summed E-state index contributed by atoms with van der Waals surface area (Å²) >= 11 is 0. The SMILES string of the molecule is CCOC(=O)CC1=C(OC(C)=O)CCCC1. The lowest BCUT2D eigenvalue weighted by Crippen LogP contribution is -2.12. The van der Waals surface area contributed by atoms with Gasteiger partial charge in [0.25, 0.3) is 0 Å². The molecule has 0 amide bonds. The van der Waals surface area contributed by atoms with Crippen LogP contribution in [0.3, 0.4) is 0 Å². The minimum absolute atomic E-state index is 0.246. The van der Waals surface area contributed by atoms with Gasteiger partial charge in [0.1, 0.15) is 5.76 Å². The number of carbonyl (C=O) groups excluding carboxylic acids is 2. The van der Waals surface area contributed by atoms with E-state index in [0.717, 1.165) is 31.3 Å². The van der Waals surface area contributed by atoms with Crippen molar-refractivity contribution < 1.29 is 19.1 Å². The molecule has 0 N–H and O–H groups in total. The molecule has 0 aromatic heterocycles. The fourth-order valence-corrected chi connectivity index (χ4v) is 1.81. The van der Waals surface area contributed by atoms with E-state index in [9.17, 15) is 9.59 Å². The maximum atomic E-state index is 11.3. The zero-order valence-electron chi connectivity index (χ0n) is 9.88. The van der Waals surface area contributed by atoms with E-state index >= 15 is 0 Å². The summed E-state index contributed by atoms with van der Waals surface area (Å²) in [6.07, 6.45) is 3.86. The van der Waals surface area contributed by atoms with Crippen molar-refractivity contribution in [2.75, 3.05) is 6.61 Å². The molecule has 4 nitrogen and oxygen atoms in total. The zero-order chi connectivity index (χ0) is 12.0. The molecule has 0 unspecified atom stereocenters. The zero-order valence-corrected chi connectivity index (χ0v) is 9.88. The van der Waals surface area contributed by atoms with Crippen LogP contribution in [0.2, 0.25) is 0 Å². The van der Waals surface area contributed by atoms with Crippen molar-refractivity contribution >= 4 is 11.9 Å². The molecular weight excluding hydrogens is 208 g/mol. The van der Waals surface area contributed by atoms with Crippen LogP contribution in [0.25, 0.3) is 0 Å². The van der Waals surface area contributed by atoms with Crippen LogP contribution in [-0.2, 0) is 19.1 Å². The topological polar surface area (TPSA) is 52.6 Å². The van der Waals surface area contributed by atoms with Crippen molar-refractivity contribution in [3.63, 3.8) is 0 Å². The van der Waals surface area contributed by atoms with Gasteiger partial charge in [0.15, 0.2) is 0 Å². The Balaban J connectivity index is 2.66. The Labute approximate surface area is 95.6 Å². The van der Waals surface area contributed by atoms with Gasteiger partial charge in [0.2, 0.25) is 0 Å². The van der Waals surface area contributed by atoms with Gasteiger partial charge < -0.3 is 9.47 Å². The van der Waals surface area contributed by atoms with Gasteiger partial charge in [-0.25, -0.2) is 0 Å². The van der Waals surface area contributed by atoms with Crippen molar-refractivity contribution in [1.29, 1.82) is 0 Å². The van der Waals surface area contributed by atoms with E-state index in [1.165, 1.54) is 6.92 Å². The largest absolute Gasteiger partial charge is 0.466 e. The normalized spacial score (nSPS) is 15.9. The molecule has 0 saturated carbocycles. The third-order valence-corrected chi connectivity index (χ3v) is 2.46. The van der Waals surface area contributed by atoms with Crippen LogP contribution < -0.4 is 0 Å². The van der Waals surface area contributed by atoms with Crippen LogP contribution in [0.15, 0.2) is 11.3 Å². The minimum atomic E-state index is -0.321. The predicted molar refractivity (Wildman–Crippen MR) is 58.5 cm³/mol. The Bertz CT molecular complexity index is 304. The lowest BCUT2D eigenvalue weighted by Gasteiger charge is -2.18. The quantitative estimate of drug-likeness (QED) is 0.690. The lowest BCUT2D eigenvalue weighted by atomic mass is 9.95. The van der Waals surface area contributed by atoms with E-state index in [4.69, 9.17) is 9.47 Å². The van der Waals surface area contributed by atoms with Crippen LogP contribution >= 0.6 is 0 Å². The second kappa shape index (κ2) is 6.30. The Morgan fingerprint density at radius 2 is 1.94 bits per heavy atom. The molecule has 0 aromatic rings. The Morgan fingerprint density at radius 1 is 1.25 bits per heavy atom. The number of esters is 2. The summed E-state index contributed by atoms with van der Waals surface area (Å²) < 4.78 is 10.0. The second-order valence-corrected chi connectivity index (χ2v) is 3.81. The first-order valence-corrected chi connectivity index (χ1v) is 5.68. The monoisotopic (exact) mass is 226 g/mol. The van der Waals surface area contributed by atoms with Gasteiger partial charge in [-0.05, 0) is 31.8 Å². The van der Waals surface area contributed by atoms with Gasteiger partial charge in [-0.1, -0.05) is 0 Å². The fraction of sp³-hybridized carbons (Fsp3) is 0.667. The third kappa shape index (κ3) is 4.04. The van der Waals surface area contributed by atoms with Gasteiger partial charge in [0, 0.05) is 13.3 Å². The van der Waals surface area contributed by atoms with Gasteiger partial charge in [-0.2, -0.15) is 0 Å². The summed E-state index contributed by atoms with van der Waals surface area (Å²) in [6, 6.07) is 0. The highest BCUT2D eigenvalue weighted by Crippen LogP contribution is 2.28. The highest BCUT2D eigenvalue weighted by atomic mass is 16.5. The summed E-state index contributed by atoms with van der Waals surface area (Å²) in [5.74, 6) is 0.106. The number of hydrogen-bond donors (Lipinski definition) is 0. The first-order chi connectivity index (χ1) is 7.63. The summed E-state index contributed by atoms with van der Waals surface area (Å²) in [5, 5.41) is 0. The molecule has 90 valence electrons. The van der Waals surface area contributed by atoms with Gasteiger partial charge in [-0.15, -0.1) is 0 Å². The van der Waals surface area contributed by atoms with Crippen LogP contribution in [-0.4, -0.2) is 18.5 Å². The Morgan fingerprint density at radius 3 is 2.56 bits per heavy atom. The maximum absolute atomic E-state index is 11.3. The lowest BCUT2D eigenvalue weighted by molar-refractivity contribution is -0.143. The molecule has 0 bridgehead atoms. The van der Waals surface area contributed by atoms with E-state index in [1.54, 1.807) is 6.92 Å². The summed E-state index contributed by atoms with van der Waals surface area (Å²) in [7, 11) is 0. The highest BCUT2D eigenvalue weighted by molar-refractivity contribution is 5.73. The van der Waals surface area contributed by atoms with Gasteiger partial charge in [0.05, 0.1) is 13.0 Å². The second-order valence-electron chi connectivity index (χ2n) is 3.81. The summed E-state index contributed by atoms with van der Waals surface area (Å²) in [6.45, 7) is 3.54. The van der Waals surface area contributed by atoms with E-state index in [1.807, 2.05) is 0 Å². The molecule has 0 aliphatic heterocycles. The van der Waals surface area contributed by atoms with Gasteiger partial charge >= 0.3 is 11.9 Å². The molecule has 0 aromatic carbocycles. The van der Waals surface area contributed by atoms with Crippen molar-refractivity contribution in [2.45, 2.75) is 46.0 Å². The van der Waals surface area contributed by atoms with Gasteiger partial charge in [-0.3, -0.25) is 9.59 Å². The van der Waals surface area contributed by atoms with Crippen molar-refractivity contribution in [3.05, 3.63) is 11.3 Å². The van der Waals surface area contributed by atoms with Crippen molar-refractivity contribution in [1.82, 2.24) is 0 Å². The molecule has 1 rings (SSSR count). The van der Waals surface area contributed by atoms with E-state index in [0.29, 0.717) is 12.4 Å². The highest BCUT2D eigenvalue weighted by Gasteiger charge is 2.18. The standard InChI is InChI=1S/C12H18O4/c1-3-15-12(14)8-10-6-4-5-7-11(10)16-9(2)13/h3-8H2,1-2H3. The van der Waals surface area contributed by atoms with Crippen LogP contribution in [0.5, 0.6) is 0 Å². The van der Waals surface area contributed by atoms with Crippen LogP contribution in [0.4, 0.5) is 0 Å².